The standard InChI is InChI=1S/C25H26N2O4/c1-3-14-30-23-11-9-19(15-24(23)29-2)10-12-25(28)27-21-7-4-8-22(16-21)31-18-20-6-5-13-26-17-20/h4-13,15-17H,3,14,18H2,1-2H3,(H,27,28)/b12-10+. The predicted molar refractivity (Wildman–Crippen MR) is 121 cm³/mol. The van der Waals surface area contributed by atoms with Crippen molar-refractivity contribution in [3.8, 4) is 17.2 Å². The third-order valence-corrected chi connectivity index (χ3v) is 4.31. The lowest BCUT2D eigenvalue weighted by Crippen LogP contribution is -2.07. The van der Waals surface area contributed by atoms with Crippen LogP contribution < -0.4 is 19.5 Å². The highest BCUT2D eigenvalue weighted by atomic mass is 16.5. The molecule has 0 saturated heterocycles. The number of benzene rings is 2. The van der Waals surface area contributed by atoms with Crippen molar-refractivity contribution in [2.75, 3.05) is 19.0 Å². The zero-order valence-corrected chi connectivity index (χ0v) is 17.7. The molecule has 1 heterocycles. The second-order valence-corrected chi connectivity index (χ2v) is 6.76. The third kappa shape index (κ3) is 6.89. The Balaban J connectivity index is 1.58. The Labute approximate surface area is 182 Å². The molecule has 0 saturated carbocycles. The molecular weight excluding hydrogens is 392 g/mol. The number of rotatable bonds is 10. The molecule has 0 fully saturated rings. The molecular formula is C25H26N2O4. The molecule has 1 amide bonds. The summed E-state index contributed by atoms with van der Waals surface area (Å²) in [7, 11) is 1.59. The number of nitrogens with one attached hydrogen (secondary N) is 1. The molecule has 160 valence electrons. The van der Waals surface area contributed by atoms with Crippen LogP contribution in [0, 0.1) is 0 Å². The quantitative estimate of drug-likeness (QED) is 0.463. The molecule has 31 heavy (non-hydrogen) atoms. The highest BCUT2D eigenvalue weighted by Crippen LogP contribution is 2.28. The van der Waals surface area contributed by atoms with Crippen LogP contribution in [0.25, 0.3) is 6.08 Å². The Morgan fingerprint density at radius 2 is 1.97 bits per heavy atom. The summed E-state index contributed by atoms with van der Waals surface area (Å²) < 4.78 is 16.8. The largest absolute Gasteiger partial charge is 0.493 e. The Bertz CT molecular complexity index is 1020. The minimum atomic E-state index is -0.241. The maximum absolute atomic E-state index is 12.3. The van der Waals surface area contributed by atoms with Crippen LogP contribution in [0.5, 0.6) is 17.2 Å². The molecule has 0 aliphatic carbocycles. The van der Waals surface area contributed by atoms with E-state index >= 15 is 0 Å². The number of aromatic nitrogens is 1. The van der Waals surface area contributed by atoms with Crippen LogP contribution in [0.4, 0.5) is 5.69 Å². The number of nitrogens with zero attached hydrogens (tertiary/aromatic N) is 1. The van der Waals surface area contributed by atoms with E-state index in [0.717, 1.165) is 17.5 Å². The molecule has 0 unspecified atom stereocenters. The first kappa shape index (κ1) is 21.9. The molecule has 0 aliphatic rings. The van der Waals surface area contributed by atoms with E-state index in [4.69, 9.17) is 14.2 Å². The summed E-state index contributed by atoms with van der Waals surface area (Å²) in [5, 5.41) is 2.84. The minimum Gasteiger partial charge on any atom is -0.493 e. The lowest BCUT2D eigenvalue weighted by Gasteiger charge is -2.10. The first-order valence-electron chi connectivity index (χ1n) is 10.1. The molecule has 6 heteroatoms. The fourth-order valence-corrected chi connectivity index (χ4v) is 2.79. The van der Waals surface area contributed by atoms with Gasteiger partial charge in [0, 0.05) is 35.8 Å². The molecule has 0 radical (unpaired) electrons. The Morgan fingerprint density at radius 3 is 2.74 bits per heavy atom. The van der Waals surface area contributed by atoms with Gasteiger partial charge in [-0.25, -0.2) is 0 Å². The highest BCUT2D eigenvalue weighted by molar-refractivity contribution is 6.02. The topological polar surface area (TPSA) is 69.7 Å². The predicted octanol–water partition coefficient (Wildman–Crippen LogP) is 5.11. The maximum atomic E-state index is 12.3. The zero-order valence-electron chi connectivity index (χ0n) is 17.7. The molecule has 1 aromatic heterocycles. The van der Waals surface area contributed by atoms with E-state index in [1.807, 2.05) is 55.5 Å². The number of amides is 1. The summed E-state index contributed by atoms with van der Waals surface area (Å²) in [4.78, 5) is 16.4. The third-order valence-electron chi connectivity index (χ3n) is 4.31. The van der Waals surface area contributed by atoms with Crippen LogP contribution in [-0.4, -0.2) is 24.6 Å². The van der Waals surface area contributed by atoms with Crippen LogP contribution >= 0.6 is 0 Å². The van der Waals surface area contributed by atoms with E-state index in [1.165, 1.54) is 6.08 Å². The average molecular weight is 418 g/mol. The molecule has 3 aromatic rings. The Kier molecular flexibility index (Phi) is 8.05. The number of anilines is 1. The molecule has 3 rings (SSSR count). The van der Waals surface area contributed by atoms with Gasteiger partial charge in [0.15, 0.2) is 11.5 Å². The van der Waals surface area contributed by atoms with Crippen molar-refractivity contribution < 1.29 is 19.0 Å². The molecule has 0 bridgehead atoms. The highest BCUT2D eigenvalue weighted by Gasteiger charge is 2.05. The monoisotopic (exact) mass is 418 g/mol. The van der Waals surface area contributed by atoms with Gasteiger partial charge in [0.1, 0.15) is 12.4 Å². The minimum absolute atomic E-state index is 0.241. The van der Waals surface area contributed by atoms with Crippen molar-refractivity contribution in [2.45, 2.75) is 20.0 Å². The van der Waals surface area contributed by atoms with Crippen LogP contribution in [0.1, 0.15) is 24.5 Å². The number of pyridine rings is 1. The van der Waals surface area contributed by atoms with E-state index in [2.05, 4.69) is 10.3 Å². The fraction of sp³-hybridized carbons (Fsp3) is 0.200. The van der Waals surface area contributed by atoms with Gasteiger partial charge in [-0.2, -0.15) is 0 Å². The number of hydrogen-bond donors (Lipinski definition) is 1. The molecule has 0 aliphatic heterocycles. The fourth-order valence-electron chi connectivity index (χ4n) is 2.79. The molecule has 6 nitrogen and oxygen atoms in total. The van der Waals surface area contributed by atoms with E-state index < -0.39 is 0 Å². The van der Waals surface area contributed by atoms with Crippen LogP contribution in [0.2, 0.25) is 0 Å². The number of carbonyl (C=O) groups excluding carboxylic acids is 1. The van der Waals surface area contributed by atoms with Crippen molar-refractivity contribution in [2.24, 2.45) is 0 Å². The van der Waals surface area contributed by atoms with E-state index in [1.54, 1.807) is 31.6 Å². The van der Waals surface area contributed by atoms with Gasteiger partial charge in [-0.3, -0.25) is 9.78 Å². The summed E-state index contributed by atoms with van der Waals surface area (Å²) in [5.41, 5.74) is 2.46. The SMILES string of the molecule is CCCOc1ccc(/C=C/C(=O)Nc2cccc(OCc3cccnc3)c2)cc1OC. The second-order valence-electron chi connectivity index (χ2n) is 6.76. The summed E-state index contributed by atoms with van der Waals surface area (Å²) in [5.74, 6) is 1.75. The maximum Gasteiger partial charge on any atom is 0.248 e. The van der Waals surface area contributed by atoms with Crippen molar-refractivity contribution in [1.82, 2.24) is 4.98 Å². The normalized spacial score (nSPS) is 10.6. The lowest BCUT2D eigenvalue weighted by molar-refractivity contribution is -0.111. The van der Waals surface area contributed by atoms with Crippen LogP contribution in [0.3, 0.4) is 0 Å². The van der Waals surface area contributed by atoms with Gasteiger partial charge in [-0.15, -0.1) is 0 Å². The van der Waals surface area contributed by atoms with Crippen molar-refractivity contribution in [1.29, 1.82) is 0 Å². The Hall–Kier alpha value is -3.80. The first-order chi connectivity index (χ1) is 15.2. The number of ether oxygens (including phenoxy) is 3. The first-order valence-corrected chi connectivity index (χ1v) is 10.1. The number of hydrogen-bond acceptors (Lipinski definition) is 5. The summed E-state index contributed by atoms with van der Waals surface area (Å²) >= 11 is 0. The van der Waals surface area contributed by atoms with Gasteiger partial charge in [-0.05, 0) is 48.4 Å². The molecule has 0 atom stereocenters. The van der Waals surface area contributed by atoms with Gasteiger partial charge in [0.05, 0.1) is 13.7 Å². The van der Waals surface area contributed by atoms with Crippen LogP contribution in [0.15, 0.2) is 73.1 Å². The van der Waals surface area contributed by atoms with Gasteiger partial charge in [0.25, 0.3) is 0 Å². The van der Waals surface area contributed by atoms with Gasteiger partial charge >= 0.3 is 0 Å². The average Bonchev–Trinajstić information content (AvgIpc) is 2.81. The molecule has 2 aromatic carbocycles. The smallest absolute Gasteiger partial charge is 0.248 e. The number of methoxy groups -OCH3 is 1. The number of carbonyl (C=O) groups is 1. The molecule has 0 spiro atoms. The lowest BCUT2D eigenvalue weighted by atomic mass is 10.2. The Morgan fingerprint density at radius 1 is 1.06 bits per heavy atom. The zero-order chi connectivity index (χ0) is 21.9. The summed E-state index contributed by atoms with van der Waals surface area (Å²) in [6.07, 6.45) is 7.60. The second kappa shape index (κ2) is 11.4. The van der Waals surface area contributed by atoms with Crippen molar-refractivity contribution >= 4 is 17.7 Å². The van der Waals surface area contributed by atoms with Crippen molar-refractivity contribution in [3.63, 3.8) is 0 Å². The van der Waals surface area contributed by atoms with Crippen molar-refractivity contribution in [3.05, 3.63) is 84.2 Å². The summed E-state index contributed by atoms with van der Waals surface area (Å²) in [6, 6.07) is 16.6. The van der Waals surface area contributed by atoms with Crippen LogP contribution in [-0.2, 0) is 11.4 Å². The van der Waals surface area contributed by atoms with E-state index in [-0.39, 0.29) is 5.91 Å². The van der Waals surface area contributed by atoms with Gasteiger partial charge in [0.2, 0.25) is 5.91 Å². The van der Waals surface area contributed by atoms with E-state index in [9.17, 15) is 4.79 Å². The molecule has 1 N–H and O–H groups in total. The van der Waals surface area contributed by atoms with Gasteiger partial charge < -0.3 is 19.5 Å². The van der Waals surface area contributed by atoms with E-state index in [0.29, 0.717) is 36.1 Å². The van der Waals surface area contributed by atoms with Gasteiger partial charge in [-0.1, -0.05) is 25.1 Å². The summed E-state index contributed by atoms with van der Waals surface area (Å²) in [6.45, 7) is 3.08.